The number of nitrogens with zero attached hydrogens (tertiary/aromatic N) is 4. The Morgan fingerprint density at radius 3 is 2.78 bits per heavy atom. The minimum atomic E-state index is 0.186. The van der Waals surface area contributed by atoms with E-state index in [4.69, 9.17) is 9.72 Å². The number of benzene rings is 1. The molecule has 3 aromatic rings. The predicted molar refractivity (Wildman–Crippen MR) is 113 cm³/mol. The summed E-state index contributed by atoms with van der Waals surface area (Å²) >= 11 is 3.25. The second-order valence-electron chi connectivity index (χ2n) is 6.44. The number of ether oxygens (including phenoxy) is 1. The first-order valence-electron chi connectivity index (χ1n) is 8.60. The van der Waals surface area contributed by atoms with Crippen LogP contribution in [0.1, 0.15) is 22.3 Å². The number of anilines is 2. The van der Waals surface area contributed by atoms with Gasteiger partial charge in [-0.1, -0.05) is 6.07 Å². The molecule has 27 heavy (non-hydrogen) atoms. The average Bonchev–Trinajstić information content (AvgIpc) is 3.35. The Labute approximate surface area is 166 Å². The van der Waals surface area contributed by atoms with Crippen molar-refractivity contribution in [1.82, 2.24) is 14.9 Å². The molecule has 1 atom stereocenters. The lowest BCUT2D eigenvalue weighted by Gasteiger charge is -2.19. The summed E-state index contributed by atoms with van der Waals surface area (Å²) in [7, 11) is 3.75. The van der Waals surface area contributed by atoms with E-state index in [1.54, 1.807) is 29.8 Å². The van der Waals surface area contributed by atoms with Gasteiger partial charge in [0, 0.05) is 11.6 Å². The molecule has 3 heterocycles. The summed E-state index contributed by atoms with van der Waals surface area (Å²) in [5.74, 6) is 0.790. The van der Waals surface area contributed by atoms with Gasteiger partial charge in [0.25, 0.3) is 0 Å². The van der Waals surface area contributed by atoms with E-state index in [-0.39, 0.29) is 6.04 Å². The molecule has 1 N–H and O–H groups in total. The zero-order valence-corrected chi connectivity index (χ0v) is 17.3. The van der Waals surface area contributed by atoms with Gasteiger partial charge >= 0.3 is 0 Å². The third kappa shape index (κ3) is 3.60. The van der Waals surface area contributed by atoms with Crippen molar-refractivity contribution in [3.63, 3.8) is 0 Å². The average molecular weight is 400 g/mol. The van der Waals surface area contributed by atoms with Gasteiger partial charge in [-0.15, -0.1) is 22.7 Å². The van der Waals surface area contributed by atoms with E-state index in [1.165, 1.54) is 5.56 Å². The first-order valence-corrected chi connectivity index (χ1v) is 10.3. The SMILES string of the molecule is COc1ccc(C2C=NCN2C)cc1Nc1nc(-c2sc(C)nc2C)cs1. The number of aryl methyl sites for hydroxylation is 2. The Bertz CT molecular complexity index is 994. The minimum absolute atomic E-state index is 0.186. The molecule has 0 amide bonds. The van der Waals surface area contributed by atoms with Crippen molar-refractivity contribution in [2.75, 3.05) is 26.1 Å². The maximum atomic E-state index is 5.54. The van der Waals surface area contributed by atoms with Crippen LogP contribution in [0.2, 0.25) is 0 Å². The Hall–Kier alpha value is -2.29. The molecule has 6 nitrogen and oxygen atoms in total. The zero-order valence-electron chi connectivity index (χ0n) is 15.7. The number of aromatic nitrogens is 2. The van der Waals surface area contributed by atoms with Crippen LogP contribution >= 0.6 is 22.7 Å². The second kappa shape index (κ2) is 7.38. The van der Waals surface area contributed by atoms with Crippen molar-refractivity contribution in [3.8, 4) is 16.3 Å². The van der Waals surface area contributed by atoms with Crippen molar-refractivity contribution in [3.05, 3.63) is 39.8 Å². The van der Waals surface area contributed by atoms with Crippen molar-refractivity contribution < 1.29 is 4.74 Å². The van der Waals surface area contributed by atoms with Crippen LogP contribution in [0.4, 0.5) is 10.8 Å². The molecule has 1 aliphatic heterocycles. The summed E-state index contributed by atoms with van der Waals surface area (Å²) in [6.07, 6.45) is 1.99. The molecule has 140 valence electrons. The normalized spacial score (nSPS) is 16.8. The molecule has 8 heteroatoms. The number of rotatable bonds is 5. The predicted octanol–water partition coefficient (Wildman–Crippen LogP) is 4.65. The summed E-state index contributed by atoms with van der Waals surface area (Å²) < 4.78 is 5.54. The number of nitrogens with one attached hydrogen (secondary N) is 1. The van der Waals surface area contributed by atoms with Gasteiger partial charge in [0.15, 0.2) is 5.13 Å². The number of hydrogen-bond donors (Lipinski definition) is 1. The highest BCUT2D eigenvalue weighted by Gasteiger charge is 2.20. The maximum absolute atomic E-state index is 5.54. The monoisotopic (exact) mass is 399 g/mol. The molecule has 0 radical (unpaired) electrons. The topological polar surface area (TPSA) is 62.6 Å². The summed E-state index contributed by atoms with van der Waals surface area (Å²) in [4.78, 5) is 16.9. The van der Waals surface area contributed by atoms with Crippen molar-refractivity contribution in [2.45, 2.75) is 19.9 Å². The highest BCUT2D eigenvalue weighted by Crippen LogP contribution is 2.36. The molecule has 1 aromatic carbocycles. The van der Waals surface area contributed by atoms with Crippen LogP contribution in [0.5, 0.6) is 5.75 Å². The maximum Gasteiger partial charge on any atom is 0.187 e. The number of methoxy groups -OCH3 is 1. The second-order valence-corrected chi connectivity index (χ2v) is 8.51. The molecule has 1 aliphatic rings. The van der Waals surface area contributed by atoms with Gasteiger partial charge in [-0.2, -0.15) is 0 Å². The van der Waals surface area contributed by atoms with E-state index in [0.29, 0.717) is 0 Å². The van der Waals surface area contributed by atoms with Crippen LogP contribution in [0.15, 0.2) is 28.6 Å². The van der Waals surface area contributed by atoms with Crippen molar-refractivity contribution in [2.24, 2.45) is 4.99 Å². The first-order chi connectivity index (χ1) is 13.0. The molecule has 0 saturated heterocycles. The molecule has 0 bridgehead atoms. The zero-order chi connectivity index (χ0) is 19.0. The van der Waals surface area contributed by atoms with E-state index in [1.807, 2.05) is 26.1 Å². The molecule has 1 unspecified atom stereocenters. The molecular weight excluding hydrogens is 378 g/mol. The van der Waals surface area contributed by atoms with E-state index in [0.717, 1.165) is 44.5 Å². The van der Waals surface area contributed by atoms with Gasteiger partial charge in [0.2, 0.25) is 0 Å². The van der Waals surface area contributed by atoms with Gasteiger partial charge in [-0.3, -0.25) is 9.89 Å². The lowest BCUT2D eigenvalue weighted by atomic mass is 10.1. The minimum Gasteiger partial charge on any atom is -0.495 e. The van der Waals surface area contributed by atoms with Gasteiger partial charge in [0.05, 0.1) is 46.8 Å². The number of thiazole rings is 2. The summed E-state index contributed by atoms with van der Waals surface area (Å²) in [6.45, 7) is 4.77. The quantitative estimate of drug-likeness (QED) is 0.677. The molecular formula is C19H21N5OS2. The van der Waals surface area contributed by atoms with E-state index >= 15 is 0 Å². The van der Waals surface area contributed by atoms with Gasteiger partial charge in [-0.25, -0.2) is 9.97 Å². The van der Waals surface area contributed by atoms with Crippen LogP contribution < -0.4 is 10.1 Å². The number of aliphatic imine (C=N–C) groups is 1. The van der Waals surface area contributed by atoms with Crippen LogP contribution in [-0.4, -0.2) is 41.9 Å². The van der Waals surface area contributed by atoms with Crippen molar-refractivity contribution >= 4 is 39.7 Å². The highest BCUT2D eigenvalue weighted by atomic mass is 32.1. The fourth-order valence-corrected chi connectivity index (χ4v) is 4.81. The van der Waals surface area contributed by atoms with Crippen LogP contribution in [0.3, 0.4) is 0 Å². The van der Waals surface area contributed by atoms with Crippen LogP contribution in [-0.2, 0) is 0 Å². The smallest absolute Gasteiger partial charge is 0.187 e. The largest absolute Gasteiger partial charge is 0.495 e. The number of hydrogen-bond acceptors (Lipinski definition) is 8. The van der Waals surface area contributed by atoms with Crippen LogP contribution in [0, 0.1) is 13.8 Å². The van der Waals surface area contributed by atoms with Gasteiger partial charge < -0.3 is 10.1 Å². The summed E-state index contributed by atoms with van der Waals surface area (Å²) in [6, 6.07) is 6.37. The highest BCUT2D eigenvalue weighted by molar-refractivity contribution is 7.16. The van der Waals surface area contributed by atoms with Gasteiger partial charge in [-0.05, 0) is 38.6 Å². The fourth-order valence-electron chi connectivity index (χ4n) is 3.14. The van der Waals surface area contributed by atoms with Crippen molar-refractivity contribution in [1.29, 1.82) is 0 Å². The summed E-state index contributed by atoms with van der Waals surface area (Å²) in [5, 5.41) is 7.38. The molecule has 0 saturated carbocycles. The Morgan fingerprint density at radius 1 is 1.26 bits per heavy atom. The van der Waals surface area contributed by atoms with E-state index in [9.17, 15) is 0 Å². The van der Waals surface area contributed by atoms with Crippen LogP contribution in [0.25, 0.3) is 10.6 Å². The molecule has 4 rings (SSSR count). The van der Waals surface area contributed by atoms with E-state index < -0.39 is 0 Å². The Morgan fingerprint density at radius 2 is 2.11 bits per heavy atom. The molecule has 0 spiro atoms. The third-order valence-electron chi connectivity index (χ3n) is 4.47. The third-order valence-corrected chi connectivity index (χ3v) is 6.33. The Kier molecular flexibility index (Phi) is 4.94. The molecule has 2 aromatic heterocycles. The first kappa shape index (κ1) is 18.1. The Balaban J connectivity index is 1.62. The van der Waals surface area contributed by atoms with Gasteiger partial charge in [0.1, 0.15) is 5.75 Å². The molecule has 0 fully saturated rings. The lowest BCUT2D eigenvalue weighted by molar-refractivity contribution is 0.340. The fraction of sp³-hybridized carbons (Fsp3) is 0.316. The summed E-state index contributed by atoms with van der Waals surface area (Å²) in [5.41, 5.74) is 4.07. The van der Waals surface area contributed by atoms with E-state index in [2.05, 4.69) is 44.8 Å². The standard InChI is InChI=1S/C19H21N5OS2/c1-11-18(27-12(2)21-11)15-9-26-19(23-15)22-14-7-13(5-6-17(14)25-4)16-8-20-10-24(16)3/h5-9,16H,10H2,1-4H3,(H,22,23). The lowest BCUT2D eigenvalue weighted by Crippen LogP contribution is -2.20. The molecule has 0 aliphatic carbocycles.